The van der Waals surface area contributed by atoms with Crippen LogP contribution in [0, 0.1) is 23.7 Å². The molecule has 0 fully saturated rings. The van der Waals surface area contributed by atoms with E-state index in [1.54, 1.807) is 0 Å². The lowest BCUT2D eigenvalue weighted by Crippen LogP contribution is -2.53. The summed E-state index contributed by atoms with van der Waals surface area (Å²) in [4.78, 5) is 48.1. The standard InChI is InChI=1S/C52H90O14/c1-39(2)25-17-9-13-21-29-62-51(63-36-34-60-33-35-61-50(59)46-38-44(48(55)56)43(47(53)54)37-45(46)49(57)58)52(64-30-22-14-10-18-26-40(3)4,65-31-23-15-11-19-27-41(5)6)66-32-24-16-12-20-28-42(7)8/h37-42,51H,9-36H2,1-8H3,(H,53,54)(H,55,56)(H,57,58). The van der Waals surface area contributed by atoms with Gasteiger partial charge in [-0.25, -0.2) is 19.2 Å². The number of carboxylic acids is 3. The number of unbranched alkanes of at least 4 members (excludes halogenated alkanes) is 12. The topological polar surface area (TPSA) is 194 Å². The number of esters is 1. The van der Waals surface area contributed by atoms with Gasteiger partial charge in [-0.1, -0.05) is 158 Å². The van der Waals surface area contributed by atoms with Gasteiger partial charge in [0.2, 0.25) is 6.29 Å². The van der Waals surface area contributed by atoms with Crippen LogP contribution in [-0.2, 0) is 33.2 Å². The minimum Gasteiger partial charge on any atom is -0.478 e. The van der Waals surface area contributed by atoms with Crippen molar-refractivity contribution >= 4 is 23.9 Å². The van der Waals surface area contributed by atoms with Crippen molar-refractivity contribution in [1.29, 1.82) is 0 Å². The lowest BCUT2D eigenvalue weighted by atomic mass is 9.98. The van der Waals surface area contributed by atoms with Crippen molar-refractivity contribution in [3.63, 3.8) is 0 Å². The van der Waals surface area contributed by atoms with Gasteiger partial charge in [0.1, 0.15) is 6.61 Å². The summed E-state index contributed by atoms with van der Waals surface area (Å²) in [5, 5.41) is 28.6. The lowest BCUT2D eigenvalue weighted by molar-refractivity contribution is -0.457. The van der Waals surface area contributed by atoms with Crippen molar-refractivity contribution in [2.75, 3.05) is 52.9 Å². The second-order valence-corrected chi connectivity index (χ2v) is 19.2. The van der Waals surface area contributed by atoms with Crippen LogP contribution in [0.2, 0.25) is 0 Å². The van der Waals surface area contributed by atoms with Crippen LogP contribution in [0.3, 0.4) is 0 Å². The van der Waals surface area contributed by atoms with Gasteiger partial charge in [0.15, 0.2) is 0 Å². The predicted octanol–water partition coefficient (Wildman–Crippen LogP) is 12.4. The van der Waals surface area contributed by atoms with E-state index in [2.05, 4.69) is 55.4 Å². The Hall–Kier alpha value is -3.14. The average Bonchev–Trinajstić information content (AvgIpc) is 3.25. The number of carbonyl (C=O) groups is 4. The number of hydrogen-bond donors (Lipinski definition) is 3. The Morgan fingerprint density at radius 1 is 0.409 bits per heavy atom. The van der Waals surface area contributed by atoms with Gasteiger partial charge in [0.05, 0.1) is 68.5 Å². The number of aromatic carboxylic acids is 3. The molecule has 0 saturated heterocycles. The molecule has 0 amide bonds. The summed E-state index contributed by atoms with van der Waals surface area (Å²) < 4.78 is 44.0. The molecule has 1 rings (SSSR count). The van der Waals surface area contributed by atoms with Gasteiger partial charge in [-0.15, -0.1) is 0 Å². The highest BCUT2D eigenvalue weighted by Gasteiger charge is 2.45. The summed E-state index contributed by atoms with van der Waals surface area (Å²) in [5.41, 5.74) is -2.79. The van der Waals surface area contributed by atoms with Crippen LogP contribution >= 0.6 is 0 Å². The second kappa shape index (κ2) is 36.8. The first-order valence-electron chi connectivity index (χ1n) is 25.3. The van der Waals surface area contributed by atoms with Crippen LogP contribution in [0.25, 0.3) is 0 Å². The molecule has 14 nitrogen and oxygen atoms in total. The number of benzene rings is 1. The molecule has 0 spiro atoms. The first-order valence-corrected chi connectivity index (χ1v) is 25.3. The fraction of sp³-hybridized carbons (Fsp3) is 0.808. The Labute approximate surface area is 397 Å². The second-order valence-electron chi connectivity index (χ2n) is 19.2. The van der Waals surface area contributed by atoms with Crippen LogP contribution < -0.4 is 0 Å². The van der Waals surface area contributed by atoms with E-state index in [1.165, 1.54) is 44.9 Å². The third kappa shape index (κ3) is 28.3. The first kappa shape index (κ1) is 60.9. The summed E-state index contributed by atoms with van der Waals surface area (Å²) in [6, 6.07) is 1.33. The molecule has 0 aliphatic rings. The summed E-state index contributed by atoms with van der Waals surface area (Å²) in [6.07, 6.45) is 20.2. The Balaban J connectivity index is 3.23. The molecule has 0 radical (unpaired) electrons. The fourth-order valence-corrected chi connectivity index (χ4v) is 7.33. The molecule has 14 heteroatoms. The average molecular weight is 939 g/mol. The van der Waals surface area contributed by atoms with E-state index in [4.69, 9.17) is 33.2 Å². The summed E-state index contributed by atoms with van der Waals surface area (Å²) in [6.45, 7) is 19.3. The van der Waals surface area contributed by atoms with E-state index in [-0.39, 0.29) is 26.4 Å². The fourth-order valence-electron chi connectivity index (χ4n) is 7.33. The monoisotopic (exact) mass is 939 g/mol. The number of ether oxygens (including phenoxy) is 7. The quantitative estimate of drug-likeness (QED) is 0.0318. The Morgan fingerprint density at radius 3 is 1.11 bits per heavy atom. The van der Waals surface area contributed by atoms with Crippen molar-refractivity contribution in [3.8, 4) is 0 Å². The smallest absolute Gasteiger partial charge is 0.339 e. The third-order valence-corrected chi connectivity index (χ3v) is 11.2. The Bertz CT molecular complexity index is 1400. The van der Waals surface area contributed by atoms with Gasteiger partial charge in [0.25, 0.3) is 0 Å². The van der Waals surface area contributed by atoms with Gasteiger partial charge in [-0.2, -0.15) is 0 Å². The highest BCUT2D eigenvalue weighted by molar-refractivity contribution is 6.09. The van der Waals surface area contributed by atoms with Gasteiger partial charge in [-0.3, -0.25) is 0 Å². The van der Waals surface area contributed by atoms with Crippen LogP contribution in [-0.4, -0.2) is 104 Å². The zero-order chi connectivity index (χ0) is 49.2. The Morgan fingerprint density at radius 2 is 0.727 bits per heavy atom. The minimum atomic E-state index is -1.65. The highest BCUT2D eigenvalue weighted by Crippen LogP contribution is 2.28. The maximum Gasteiger partial charge on any atom is 0.339 e. The number of carboxylic acid groups (broad SMARTS) is 3. The molecule has 1 unspecified atom stereocenters. The first-order chi connectivity index (χ1) is 31.5. The molecular weight excluding hydrogens is 849 g/mol. The van der Waals surface area contributed by atoms with Crippen LogP contribution in [0.4, 0.5) is 0 Å². The Kier molecular flexibility index (Phi) is 34.0. The van der Waals surface area contributed by atoms with Crippen molar-refractivity contribution in [1.82, 2.24) is 0 Å². The molecule has 66 heavy (non-hydrogen) atoms. The normalized spacial score (nSPS) is 12.5. The largest absolute Gasteiger partial charge is 0.478 e. The van der Waals surface area contributed by atoms with E-state index < -0.39 is 58.4 Å². The zero-order valence-electron chi connectivity index (χ0n) is 42.2. The predicted molar refractivity (Wildman–Crippen MR) is 256 cm³/mol. The van der Waals surface area contributed by atoms with E-state index in [0.29, 0.717) is 62.2 Å². The maximum absolute atomic E-state index is 12.9. The molecule has 1 aromatic rings. The molecule has 0 aliphatic carbocycles. The molecule has 0 bridgehead atoms. The third-order valence-electron chi connectivity index (χ3n) is 11.2. The minimum absolute atomic E-state index is 0.0478. The molecule has 1 aromatic carbocycles. The van der Waals surface area contributed by atoms with Crippen LogP contribution in [0.15, 0.2) is 12.1 Å². The van der Waals surface area contributed by atoms with Gasteiger partial charge in [0, 0.05) is 0 Å². The summed E-state index contributed by atoms with van der Waals surface area (Å²) >= 11 is 0. The van der Waals surface area contributed by atoms with Crippen molar-refractivity contribution in [3.05, 3.63) is 34.4 Å². The highest BCUT2D eigenvalue weighted by atomic mass is 16.9. The van der Waals surface area contributed by atoms with Gasteiger partial charge >= 0.3 is 29.9 Å². The molecule has 0 aromatic heterocycles. The SMILES string of the molecule is CC(C)CCCCCCOC(OCCOCCOC(=O)c1cc(C(=O)O)c(C(=O)O)cc1C(=O)O)C(OCCCCCCC(C)C)(OCCCCCCC(C)C)OCCCCCCC(C)C. The molecule has 3 N–H and O–H groups in total. The van der Waals surface area contributed by atoms with Crippen molar-refractivity contribution in [2.24, 2.45) is 23.7 Å². The van der Waals surface area contributed by atoms with Crippen LogP contribution in [0.1, 0.15) is 225 Å². The molecule has 1 atom stereocenters. The maximum atomic E-state index is 12.9. The lowest BCUT2D eigenvalue weighted by Gasteiger charge is -2.39. The molecule has 0 saturated carbocycles. The number of carbonyl (C=O) groups excluding carboxylic acids is 1. The van der Waals surface area contributed by atoms with Crippen LogP contribution in [0.5, 0.6) is 0 Å². The zero-order valence-corrected chi connectivity index (χ0v) is 42.2. The molecule has 382 valence electrons. The molecular formula is C52H90O14. The van der Waals surface area contributed by atoms with E-state index in [9.17, 15) is 34.5 Å². The van der Waals surface area contributed by atoms with Crippen molar-refractivity contribution in [2.45, 2.75) is 196 Å². The van der Waals surface area contributed by atoms with E-state index in [1.807, 2.05) is 0 Å². The summed E-state index contributed by atoms with van der Waals surface area (Å²) in [7, 11) is 0. The molecule has 0 heterocycles. The van der Waals surface area contributed by atoms with Gasteiger partial charge < -0.3 is 48.5 Å². The van der Waals surface area contributed by atoms with E-state index >= 15 is 0 Å². The number of hydrogen-bond acceptors (Lipinski definition) is 11. The van der Waals surface area contributed by atoms with Gasteiger partial charge in [-0.05, 0) is 61.5 Å². The number of rotatable bonds is 44. The van der Waals surface area contributed by atoms with Crippen molar-refractivity contribution < 1.29 is 67.7 Å². The molecule has 0 aliphatic heterocycles. The summed E-state index contributed by atoms with van der Waals surface area (Å²) in [5.74, 6) is -4.99. The van der Waals surface area contributed by atoms with E-state index in [0.717, 1.165) is 83.5 Å².